The molecule has 0 heterocycles. The molecule has 3 N–H and O–H groups in total. The minimum Gasteiger partial charge on any atom is -0.354 e. The number of hydrogen-bond acceptors (Lipinski definition) is 3. The summed E-state index contributed by atoms with van der Waals surface area (Å²) in [6, 6.07) is 2.04. The van der Waals surface area contributed by atoms with E-state index in [4.69, 9.17) is 11.0 Å². The molecule has 1 fully saturated rings. The van der Waals surface area contributed by atoms with Crippen LogP contribution in [0.25, 0.3) is 0 Å². The van der Waals surface area contributed by atoms with Gasteiger partial charge in [0.05, 0.1) is 11.6 Å². The minimum atomic E-state index is -0.632. The molecule has 0 bridgehead atoms. The molecule has 0 radical (unpaired) electrons. The Hall–Kier alpha value is -1.08. The number of nitrogens with zero attached hydrogens (tertiary/aromatic N) is 1. The Morgan fingerprint density at radius 2 is 2.14 bits per heavy atom. The van der Waals surface area contributed by atoms with Crippen molar-refractivity contribution in [2.24, 2.45) is 5.73 Å². The van der Waals surface area contributed by atoms with Crippen LogP contribution in [-0.4, -0.2) is 18.0 Å². The Morgan fingerprint density at radius 1 is 1.50 bits per heavy atom. The Balaban J connectivity index is 2.24. The molecule has 0 unspecified atom stereocenters. The van der Waals surface area contributed by atoms with Crippen molar-refractivity contribution >= 4 is 5.91 Å². The van der Waals surface area contributed by atoms with Crippen molar-refractivity contribution in [3.63, 3.8) is 0 Å². The summed E-state index contributed by atoms with van der Waals surface area (Å²) in [7, 11) is 0. The zero-order chi connectivity index (χ0) is 10.4. The molecule has 1 aliphatic carbocycles. The summed E-state index contributed by atoms with van der Waals surface area (Å²) in [4.78, 5) is 11.6. The van der Waals surface area contributed by atoms with Crippen LogP contribution in [-0.2, 0) is 4.79 Å². The van der Waals surface area contributed by atoms with E-state index in [0.29, 0.717) is 19.4 Å². The van der Waals surface area contributed by atoms with Crippen molar-refractivity contribution in [1.29, 1.82) is 5.26 Å². The quantitative estimate of drug-likeness (QED) is 0.647. The lowest BCUT2D eigenvalue weighted by Crippen LogP contribution is -2.52. The van der Waals surface area contributed by atoms with Gasteiger partial charge in [-0.3, -0.25) is 4.79 Å². The van der Waals surface area contributed by atoms with Crippen molar-refractivity contribution in [1.82, 2.24) is 5.32 Å². The van der Waals surface area contributed by atoms with Crippen molar-refractivity contribution in [2.45, 2.75) is 44.1 Å². The van der Waals surface area contributed by atoms with Crippen LogP contribution in [0.1, 0.15) is 38.5 Å². The maximum Gasteiger partial charge on any atom is 0.240 e. The van der Waals surface area contributed by atoms with Crippen LogP contribution in [0.3, 0.4) is 0 Å². The third kappa shape index (κ3) is 2.71. The highest BCUT2D eigenvalue weighted by molar-refractivity contribution is 5.86. The lowest BCUT2D eigenvalue weighted by molar-refractivity contribution is -0.126. The van der Waals surface area contributed by atoms with Gasteiger partial charge in [0.1, 0.15) is 0 Å². The van der Waals surface area contributed by atoms with Crippen LogP contribution in [0.2, 0.25) is 0 Å². The van der Waals surface area contributed by atoms with Crippen molar-refractivity contribution < 1.29 is 4.79 Å². The van der Waals surface area contributed by atoms with E-state index in [1.807, 2.05) is 6.07 Å². The molecule has 78 valence electrons. The van der Waals surface area contributed by atoms with E-state index in [9.17, 15) is 4.79 Å². The second-order valence-corrected chi connectivity index (χ2v) is 3.88. The molecule has 0 aromatic heterocycles. The van der Waals surface area contributed by atoms with Crippen LogP contribution in [0.4, 0.5) is 0 Å². The maximum atomic E-state index is 11.6. The number of carbonyl (C=O) groups excluding carboxylic acids is 1. The van der Waals surface area contributed by atoms with Crippen molar-refractivity contribution in [3.05, 3.63) is 0 Å². The zero-order valence-corrected chi connectivity index (χ0v) is 8.38. The smallest absolute Gasteiger partial charge is 0.240 e. The molecule has 1 aliphatic rings. The van der Waals surface area contributed by atoms with Gasteiger partial charge in [-0.05, 0) is 19.3 Å². The fraction of sp³-hybridized carbons (Fsp3) is 0.800. The SMILES string of the molecule is N#CCCCNC(=O)C1(N)CCCC1. The molecule has 4 nitrogen and oxygen atoms in total. The van der Waals surface area contributed by atoms with Crippen LogP contribution in [0.5, 0.6) is 0 Å². The maximum absolute atomic E-state index is 11.6. The van der Waals surface area contributed by atoms with E-state index < -0.39 is 5.54 Å². The Bertz CT molecular complexity index is 238. The van der Waals surface area contributed by atoms with Crippen LogP contribution >= 0.6 is 0 Å². The molecular weight excluding hydrogens is 178 g/mol. The normalized spacial score (nSPS) is 18.9. The number of carbonyl (C=O) groups is 1. The molecule has 14 heavy (non-hydrogen) atoms. The monoisotopic (exact) mass is 195 g/mol. The summed E-state index contributed by atoms with van der Waals surface area (Å²) in [5.74, 6) is -0.0482. The standard InChI is InChI=1S/C10H17N3O/c11-7-3-4-8-13-9(14)10(12)5-1-2-6-10/h1-6,8,12H2,(H,13,14). The summed E-state index contributed by atoms with van der Waals surface area (Å²) in [5, 5.41) is 11.1. The Labute approximate surface area is 84.5 Å². The predicted molar refractivity (Wildman–Crippen MR) is 53.2 cm³/mol. The molecule has 1 saturated carbocycles. The second kappa shape index (κ2) is 4.97. The van der Waals surface area contributed by atoms with Gasteiger partial charge in [0.2, 0.25) is 5.91 Å². The molecule has 0 atom stereocenters. The molecule has 1 amide bonds. The molecule has 1 rings (SSSR count). The second-order valence-electron chi connectivity index (χ2n) is 3.88. The predicted octanol–water partition coefficient (Wildman–Crippen LogP) is 0.678. The van der Waals surface area contributed by atoms with E-state index in [2.05, 4.69) is 5.32 Å². The first-order valence-corrected chi connectivity index (χ1v) is 5.13. The highest BCUT2D eigenvalue weighted by Gasteiger charge is 2.36. The largest absolute Gasteiger partial charge is 0.354 e. The summed E-state index contributed by atoms with van der Waals surface area (Å²) in [5.41, 5.74) is 5.31. The molecule has 4 heteroatoms. The fourth-order valence-electron chi connectivity index (χ4n) is 1.78. The fourth-order valence-corrected chi connectivity index (χ4v) is 1.78. The first-order valence-electron chi connectivity index (χ1n) is 5.13. The van der Waals surface area contributed by atoms with E-state index in [1.54, 1.807) is 0 Å². The lowest BCUT2D eigenvalue weighted by atomic mass is 9.98. The van der Waals surface area contributed by atoms with Crippen LogP contribution < -0.4 is 11.1 Å². The first kappa shape index (κ1) is 11.0. The highest BCUT2D eigenvalue weighted by atomic mass is 16.2. The summed E-state index contributed by atoms with van der Waals surface area (Å²) in [6.07, 6.45) is 4.86. The number of nitrogens with two attached hydrogens (primary N) is 1. The number of nitrogens with one attached hydrogen (secondary N) is 1. The number of amides is 1. The van der Waals surface area contributed by atoms with Crippen LogP contribution in [0, 0.1) is 11.3 Å². The van der Waals surface area contributed by atoms with E-state index in [0.717, 1.165) is 25.7 Å². The van der Waals surface area contributed by atoms with Gasteiger partial charge in [0.25, 0.3) is 0 Å². The molecule has 0 saturated heterocycles. The summed E-state index contributed by atoms with van der Waals surface area (Å²) >= 11 is 0. The van der Waals surface area contributed by atoms with Crippen molar-refractivity contribution in [3.8, 4) is 6.07 Å². The van der Waals surface area contributed by atoms with Gasteiger partial charge in [0, 0.05) is 13.0 Å². The molecule has 0 aromatic rings. The third-order valence-corrected chi connectivity index (χ3v) is 2.70. The Morgan fingerprint density at radius 3 is 2.71 bits per heavy atom. The van der Waals surface area contributed by atoms with Gasteiger partial charge in [-0.15, -0.1) is 0 Å². The topological polar surface area (TPSA) is 78.9 Å². The number of nitriles is 1. The lowest BCUT2D eigenvalue weighted by Gasteiger charge is -2.21. The molecular formula is C10H17N3O. The molecule has 0 spiro atoms. The zero-order valence-electron chi connectivity index (χ0n) is 8.38. The van der Waals surface area contributed by atoms with Crippen molar-refractivity contribution in [2.75, 3.05) is 6.54 Å². The summed E-state index contributed by atoms with van der Waals surface area (Å²) < 4.78 is 0. The summed E-state index contributed by atoms with van der Waals surface area (Å²) in [6.45, 7) is 0.561. The molecule has 0 aromatic carbocycles. The number of hydrogen-bond donors (Lipinski definition) is 2. The van der Waals surface area contributed by atoms with Crippen LogP contribution in [0.15, 0.2) is 0 Å². The van der Waals surface area contributed by atoms with Gasteiger partial charge in [0.15, 0.2) is 0 Å². The van der Waals surface area contributed by atoms with Gasteiger partial charge in [-0.2, -0.15) is 5.26 Å². The first-order chi connectivity index (χ1) is 6.69. The van der Waals surface area contributed by atoms with Gasteiger partial charge in [-0.25, -0.2) is 0 Å². The minimum absolute atomic E-state index is 0.0482. The molecule has 0 aliphatic heterocycles. The van der Waals surface area contributed by atoms with Gasteiger partial charge < -0.3 is 11.1 Å². The van der Waals surface area contributed by atoms with Gasteiger partial charge in [-0.1, -0.05) is 12.8 Å². The highest BCUT2D eigenvalue weighted by Crippen LogP contribution is 2.27. The Kier molecular flexibility index (Phi) is 3.90. The van der Waals surface area contributed by atoms with E-state index in [-0.39, 0.29) is 5.91 Å². The average molecular weight is 195 g/mol. The number of unbranched alkanes of at least 4 members (excludes halogenated alkanes) is 1. The average Bonchev–Trinajstić information content (AvgIpc) is 2.61. The van der Waals surface area contributed by atoms with E-state index in [1.165, 1.54) is 0 Å². The van der Waals surface area contributed by atoms with E-state index >= 15 is 0 Å². The van der Waals surface area contributed by atoms with Gasteiger partial charge >= 0.3 is 0 Å². The number of rotatable bonds is 4. The third-order valence-electron chi connectivity index (χ3n) is 2.70.